The first kappa shape index (κ1) is 18.5. The number of benzene rings is 2. The predicted octanol–water partition coefficient (Wildman–Crippen LogP) is 4.78. The van der Waals surface area contributed by atoms with E-state index >= 15 is 0 Å². The predicted molar refractivity (Wildman–Crippen MR) is 78.4 cm³/mol. The van der Waals surface area contributed by atoms with Crippen LogP contribution in [0.2, 0.25) is 5.02 Å². The first-order chi connectivity index (χ1) is 11.1. The van der Waals surface area contributed by atoms with Gasteiger partial charge in [-0.05, 0) is 23.8 Å². The summed E-state index contributed by atoms with van der Waals surface area (Å²) in [6.45, 7) is 0. The summed E-state index contributed by atoms with van der Waals surface area (Å²) in [5.41, 5.74) is -5.18. The molecule has 2 nitrogen and oxygen atoms in total. The van der Waals surface area contributed by atoms with E-state index in [0.717, 1.165) is 24.3 Å². The minimum absolute atomic E-state index is 0.0101. The fraction of sp³-hybridized carbons (Fsp3) is 0.250. The first-order valence-corrected chi connectivity index (χ1v) is 7.00. The van der Waals surface area contributed by atoms with Crippen LogP contribution in [0.5, 0.6) is 5.75 Å². The van der Waals surface area contributed by atoms with Crippen molar-refractivity contribution in [1.82, 2.24) is 0 Å². The number of ether oxygens (including phenoxy) is 1. The lowest BCUT2D eigenvalue weighted by Crippen LogP contribution is -2.55. The molecule has 2 aromatic carbocycles. The van der Waals surface area contributed by atoms with Gasteiger partial charge in [0.1, 0.15) is 5.75 Å². The van der Waals surface area contributed by atoms with Crippen molar-refractivity contribution in [3.05, 3.63) is 64.7 Å². The molecule has 0 spiro atoms. The van der Waals surface area contributed by atoms with Gasteiger partial charge in [-0.1, -0.05) is 41.9 Å². The third kappa shape index (κ3) is 2.82. The minimum Gasteiger partial charge on any atom is -0.497 e. The molecule has 0 amide bonds. The Labute approximate surface area is 139 Å². The van der Waals surface area contributed by atoms with Gasteiger partial charge in [-0.3, -0.25) is 0 Å². The largest absolute Gasteiger partial charge is 0.497 e. The Bertz CT molecular complexity index is 732. The Kier molecular flexibility index (Phi) is 4.79. The lowest BCUT2D eigenvalue weighted by Gasteiger charge is -2.38. The lowest BCUT2D eigenvalue weighted by atomic mass is 9.80. The van der Waals surface area contributed by atoms with Gasteiger partial charge in [-0.15, -0.1) is 0 Å². The number of aliphatic hydroxyl groups is 1. The van der Waals surface area contributed by atoms with Gasteiger partial charge in [0.05, 0.1) is 7.11 Å². The molecule has 0 aliphatic heterocycles. The fourth-order valence-corrected chi connectivity index (χ4v) is 2.59. The highest BCUT2D eigenvalue weighted by Gasteiger charge is 2.71. The van der Waals surface area contributed by atoms with Crippen molar-refractivity contribution in [3.63, 3.8) is 0 Å². The number of rotatable bonds is 4. The number of alkyl halides is 5. The van der Waals surface area contributed by atoms with Crippen LogP contribution in [-0.2, 0) is 5.60 Å². The van der Waals surface area contributed by atoms with Crippen LogP contribution in [0.3, 0.4) is 0 Å². The molecule has 8 heteroatoms. The number of hydrogen-bond acceptors (Lipinski definition) is 2. The molecule has 0 fully saturated rings. The van der Waals surface area contributed by atoms with Gasteiger partial charge in [0.2, 0.25) is 0 Å². The van der Waals surface area contributed by atoms with Crippen molar-refractivity contribution in [3.8, 4) is 5.75 Å². The van der Waals surface area contributed by atoms with E-state index in [-0.39, 0.29) is 5.75 Å². The third-order valence-corrected chi connectivity index (χ3v) is 3.89. The second kappa shape index (κ2) is 6.22. The molecular formula is C16H12ClF5O2. The molecule has 130 valence electrons. The minimum atomic E-state index is -6.01. The van der Waals surface area contributed by atoms with Gasteiger partial charge in [-0.25, -0.2) is 0 Å². The van der Waals surface area contributed by atoms with Gasteiger partial charge in [0.25, 0.3) is 0 Å². The summed E-state index contributed by atoms with van der Waals surface area (Å²) < 4.78 is 72.5. The molecular weight excluding hydrogens is 355 g/mol. The van der Waals surface area contributed by atoms with Crippen LogP contribution >= 0.6 is 11.6 Å². The van der Waals surface area contributed by atoms with E-state index in [1.807, 2.05) is 0 Å². The molecule has 0 radical (unpaired) electrons. The lowest BCUT2D eigenvalue weighted by molar-refractivity contribution is -0.336. The second-order valence-electron chi connectivity index (χ2n) is 4.99. The van der Waals surface area contributed by atoms with Crippen LogP contribution in [0, 0.1) is 0 Å². The van der Waals surface area contributed by atoms with Gasteiger partial charge in [0.15, 0.2) is 5.60 Å². The van der Waals surface area contributed by atoms with E-state index in [4.69, 9.17) is 16.3 Å². The highest BCUT2D eigenvalue weighted by molar-refractivity contribution is 6.31. The van der Waals surface area contributed by atoms with Gasteiger partial charge >= 0.3 is 12.1 Å². The summed E-state index contributed by atoms with van der Waals surface area (Å²) >= 11 is 5.80. The van der Waals surface area contributed by atoms with E-state index in [1.165, 1.54) is 31.4 Å². The van der Waals surface area contributed by atoms with Crippen molar-refractivity contribution in [2.24, 2.45) is 0 Å². The summed E-state index contributed by atoms with van der Waals surface area (Å²) in [6.07, 6.45) is -6.01. The molecule has 0 aliphatic rings. The maximum atomic E-state index is 14.3. The van der Waals surface area contributed by atoms with Crippen molar-refractivity contribution < 1.29 is 31.8 Å². The summed E-state index contributed by atoms with van der Waals surface area (Å²) in [5, 5.41) is 10.2. The Morgan fingerprint density at radius 1 is 0.958 bits per heavy atom. The molecule has 1 atom stereocenters. The molecule has 0 aliphatic carbocycles. The van der Waals surface area contributed by atoms with Gasteiger partial charge < -0.3 is 9.84 Å². The Morgan fingerprint density at radius 3 is 2.12 bits per heavy atom. The Balaban J connectivity index is 2.82. The van der Waals surface area contributed by atoms with Crippen molar-refractivity contribution >= 4 is 11.6 Å². The van der Waals surface area contributed by atoms with Crippen LogP contribution in [0.15, 0.2) is 48.5 Å². The molecule has 1 unspecified atom stereocenters. The monoisotopic (exact) mass is 366 g/mol. The molecule has 2 aromatic rings. The Hall–Kier alpha value is -1.86. The van der Waals surface area contributed by atoms with E-state index < -0.39 is 33.8 Å². The maximum Gasteiger partial charge on any atom is 0.457 e. The second-order valence-corrected chi connectivity index (χ2v) is 5.40. The van der Waals surface area contributed by atoms with Gasteiger partial charge in [0, 0.05) is 10.6 Å². The molecule has 0 aromatic heterocycles. The normalized spacial score (nSPS) is 15.0. The number of halogens is 6. The van der Waals surface area contributed by atoms with Crippen molar-refractivity contribution in [2.75, 3.05) is 7.11 Å². The number of hydrogen-bond donors (Lipinski definition) is 1. The summed E-state index contributed by atoms with van der Waals surface area (Å²) in [7, 11) is 1.22. The van der Waals surface area contributed by atoms with E-state index in [9.17, 15) is 27.1 Å². The zero-order valence-electron chi connectivity index (χ0n) is 12.2. The molecule has 0 bridgehead atoms. The maximum absolute atomic E-state index is 14.3. The number of methoxy groups -OCH3 is 1. The van der Waals surface area contributed by atoms with Gasteiger partial charge in [-0.2, -0.15) is 22.0 Å². The topological polar surface area (TPSA) is 29.5 Å². The first-order valence-electron chi connectivity index (χ1n) is 6.62. The van der Waals surface area contributed by atoms with Crippen LogP contribution in [0.25, 0.3) is 0 Å². The summed E-state index contributed by atoms with van der Waals surface area (Å²) in [5.74, 6) is -5.49. The average Bonchev–Trinajstić information content (AvgIpc) is 2.53. The van der Waals surface area contributed by atoms with E-state index in [1.54, 1.807) is 0 Å². The summed E-state index contributed by atoms with van der Waals surface area (Å²) in [6, 6.07) is 9.00. The van der Waals surface area contributed by atoms with E-state index in [2.05, 4.69) is 0 Å². The van der Waals surface area contributed by atoms with Crippen LogP contribution in [0.1, 0.15) is 11.1 Å². The van der Waals surface area contributed by atoms with E-state index in [0.29, 0.717) is 0 Å². The molecule has 0 heterocycles. The van der Waals surface area contributed by atoms with Crippen molar-refractivity contribution in [1.29, 1.82) is 0 Å². The molecule has 1 N–H and O–H groups in total. The molecule has 24 heavy (non-hydrogen) atoms. The quantitative estimate of drug-likeness (QED) is 0.789. The SMILES string of the molecule is COc1cccc(C(O)(c2ccccc2Cl)C(F)(F)C(F)(F)F)c1. The van der Waals surface area contributed by atoms with Crippen LogP contribution < -0.4 is 4.74 Å². The van der Waals surface area contributed by atoms with Crippen molar-refractivity contribution in [2.45, 2.75) is 17.7 Å². The highest BCUT2D eigenvalue weighted by Crippen LogP contribution is 2.53. The van der Waals surface area contributed by atoms with Crippen LogP contribution in [-0.4, -0.2) is 24.3 Å². The Morgan fingerprint density at radius 2 is 1.58 bits per heavy atom. The molecule has 0 saturated heterocycles. The smallest absolute Gasteiger partial charge is 0.457 e. The zero-order valence-corrected chi connectivity index (χ0v) is 13.0. The standard InChI is InChI=1S/C16H12ClF5O2/c1-24-11-6-4-5-10(9-11)14(23,15(18,19)16(20,21)22)12-7-2-3-8-13(12)17/h2-9,23H,1H3. The third-order valence-electron chi connectivity index (χ3n) is 3.56. The zero-order chi connectivity index (χ0) is 18.2. The van der Waals surface area contributed by atoms with Crippen LogP contribution in [0.4, 0.5) is 22.0 Å². The highest BCUT2D eigenvalue weighted by atomic mass is 35.5. The summed E-state index contributed by atoms with van der Waals surface area (Å²) in [4.78, 5) is 0. The molecule has 0 saturated carbocycles. The molecule has 2 rings (SSSR count). The fourth-order valence-electron chi connectivity index (χ4n) is 2.31. The average molecular weight is 367 g/mol.